The SMILES string of the molecule is COc1cc(OC)nc(N2Cc3ccccc3Oc3cc(I)ccc32)n1. The number of para-hydroxylation sites is 1. The molecule has 0 N–H and O–H groups in total. The fourth-order valence-corrected chi connectivity index (χ4v) is 3.26. The number of nitrogens with zero attached hydrogens (tertiary/aromatic N) is 3. The molecule has 132 valence electrons. The predicted octanol–water partition coefficient (Wildman–Crippen LogP) is 4.54. The summed E-state index contributed by atoms with van der Waals surface area (Å²) in [5.74, 6) is 2.96. The summed E-state index contributed by atoms with van der Waals surface area (Å²) >= 11 is 2.27. The van der Waals surface area contributed by atoms with E-state index >= 15 is 0 Å². The van der Waals surface area contributed by atoms with E-state index in [0.717, 1.165) is 26.3 Å². The molecule has 7 heteroatoms. The van der Waals surface area contributed by atoms with Gasteiger partial charge in [-0.2, -0.15) is 9.97 Å². The van der Waals surface area contributed by atoms with Gasteiger partial charge in [0.2, 0.25) is 17.7 Å². The van der Waals surface area contributed by atoms with E-state index in [2.05, 4.69) is 32.6 Å². The number of hydrogen-bond acceptors (Lipinski definition) is 6. The summed E-state index contributed by atoms with van der Waals surface area (Å²) in [6, 6.07) is 15.7. The second-order valence-electron chi connectivity index (χ2n) is 5.66. The first-order valence-electron chi connectivity index (χ1n) is 7.98. The normalized spacial score (nSPS) is 12.5. The van der Waals surface area contributed by atoms with Gasteiger partial charge in [0.1, 0.15) is 5.75 Å². The van der Waals surface area contributed by atoms with Gasteiger partial charge >= 0.3 is 0 Å². The highest BCUT2D eigenvalue weighted by atomic mass is 127. The van der Waals surface area contributed by atoms with E-state index in [-0.39, 0.29) is 0 Å². The first-order valence-corrected chi connectivity index (χ1v) is 9.05. The summed E-state index contributed by atoms with van der Waals surface area (Å²) < 4.78 is 17.9. The lowest BCUT2D eigenvalue weighted by atomic mass is 10.2. The molecule has 0 fully saturated rings. The molecule has 6 nitrogen and oxygen atoms in total. The molecule has 0 amide bonds. The third-order valence-corrected chi connectivity index (χ3v) is 4.73. The van der Waals surface area contributed by atoms with Crippen molar-refractivity contribution in [2.75, 3.05) is 19.1 Å². The van der Waals surface area contributed by atoms with Gasteiger partial charge < -0.3 is 19.1 Å². The minimum absolute atomic E-state index is 0.442. The average molecular weight is 461 g/mol. The van der Waals surface area contributed by atoms with Gasteiger partial charge in [0.25, 0.3) is 0 Å². The van der Waals surface area contributed by atoms with Gasteiger partial charge in [0, 0.05) is 9.13 Å². The molecule has 1 aliphatic rings. The van der Waals surface area contributed by atoms with Crippen molar-refractivity contribution < 1.29 is 14.2 Å². The molecule has 4 rings (SSSR count). The van der Waals surface area contributed by atoms with Crippen LogP contribution in [-0.4, -0.2) is 24.2 Å². The second-order valence-corrected chi connectivity index (χ2v) is 6.91. The third kappa shape index (κ3) is 3.14. The smallest absolute Gasteiger partial charge is 0.236 e. The minimum atomic E-state index is 0.442. The van der Waals surface area contributed by atoms with E-state index in [4.69, 9.17) is 14.2 Å². The lowest BCUT2D eigenvalue weighted by molar-refractivity contribution is 0.372. The van der Waals surface area contributed by atoms with Crippen molar-refractivity contribution >= 4 is 34.2 Å². The van der Waals surface area contributed by atoms with Gasteiger partial charge in [0.15, 0.2) is 5.75 Å². The first-order chi connectivity index (χ1) is 12.7. The Labute approximate surface area is 164 Å². The average Bonchev–Trinajstić information content (AvgIpc) is 2.83. The summed E-state index contributed by atoms with van der Waals surface area (Å²) in [6.45, 7) is 0.570. The van der Waals surface area contributed by atoms with Gasteiger partial charge in [-0.15, -0.1) is 0 Å². The van der Waals surface area contributed by atoms with E-state index in [0.29, 0.717) is 24.3 Å². The predicted molar refractivity (Wildman–Crippen MR) is 107 cm³/mol. The quantitative estimate of drug-likeness (QED) is 0.534. The van der Waals surface area contributed by atoms with Crippen molar-refractivity contribution in [2.45, 2.75) is 6.54 Å². The number of ether oxygens (including phenoxy) is 3. The van der Waals surface area contributed by atoms with E-state index in [9.17, 15) is 0 Å². The van der Waals surface area contributed by atoms with Gasteiger partial charge in [-0.3, -0.25) is 0 Å². The number of hydrogen-bond donors (Lipinski definition) is 0. The van der Waals surface area contributed by atoms with Crippen molar-refractivity contribution in [3.8, 4) is 23.3 Å². The van der Waals surface area contributed by atoms with Crippen molar-refractivity contribution in [1.29, 1.82) is 0 Å². The molecular formula is C19H16IN3O3. The van der Waals surface area contributed by atoms with Crippen LogP contribution >= 0.6 is 22.6 Å². The highest BCUT2D eigenvalue weighted by Crippen LogP contribution is 2.42. The molecule has 0 radical (unpaired) electrons. The van der Waals surface area contributed by atoms with Crippen LogP contribution in [0.1, 0.15) is 5.56 Å². The molecule has 1 aromatic heterocycles. The summed E-state index contributed by atoms with van der Waals surface area (Å²) in [4.78, 5) is 11.0. The molecule has 2 heterocycles. The number of methoxy groups -OCH3 is 2. The van der Waals surface area contributed by atoms with Crippen molar-refractivity contribution in [1.82, 2.24) is 9.97 Å². The standard InChI is InChI=1S/C19H16IN3O3/c1-24-17-10-18(25-2)22-19(21-17)23-11-12-5-3-4-6-15(12)26-16-9-13(20)7-8-14(16)23/h3-10H,11H2,1-2H3. The van der Waals surface area contributed by atoms with Crippen LogP contribution in [-0.2, 0) is 6.54 Å². The maximum Gasteiger partial charge on any atom is 0.236 e. The summed E-state index contributed by atoms with van der Waals surface area (Å²) in [7, 11) is 3.14. The molecule has 3 aromatic rings. The molecule has 0 saturated carbocycles. The molecule has 0 spiro atoms. The van der Waals surface area contributed by atoms with Crippen LogP contribution in [0.15, 0.2) is 48.5 Å². The largest absolute Gasteiger partial charge is 0.481 e. The number of rotatable bonds is 3. The topological polar surface area (TPSA) is 56.7 Å². The van der Waals surface area contributed by atoms with Crippen LogP contribution in [0.25, 0.3) is 0 Å². The van der Waals surface area contributed by atoms with E-state index in [1.165, 1.54) is 0 Å². The fourth-order valence-electron chi connectivity index (χ4n) is 2.80. The summed E-state index contributed by atoms with van der Waals surface area (Å²) in [5, 5.41) is 0. The Morgan fingerprint density at radius 1 is 0.962 bits per heavy atom. The highest BCUT2D eigenvalue weighted by Gasteiger charge is 2.24. The molecule has 0 bridgehead atoms. The first kappa shape index (κ1) is 16.9. The number of halogens is 1. The molecule has 0 unspecified atom stereocenters. The van der Waals surface area contributed by atoms with Crippen molar-refractivity contribution in [2.24, 2.45) is 0 Å². The Morgan fingerprint density at radius 2 is 1.69 bits per heavy atom. The lowest BCUT2D eigenvalue weighted by Gasteiger charge is -2.22. The maximum absolute atomic E-state index is 6.18. The third-order valence-electron chi connectivity index (χ3n) is 4.06. The Balaban J connectivity index is 1.90. The molecular weight excluding hydrogens is 445 g/mol. The zero-order chi connectivity index (χ0) is 18.1. The van der Waals surface area contributed by atoms with Crippen molar-refractivity contribution in [3.05, 3.63) is 57.7 Å². The maximum atomic E-state index is 6.18. The monoisotopic (exact) mass is 461 g/mol. The molecule has 26 heavy (non-hydrogen) atoms. The Morgan fingerprint density at radius 3 is 2.42 bits per heavy atom. The zero-order valence-corrected chi connectivity index (χ0v) is 16.4. The van der Waals surface area contributed by atoms with Crippen LogP contribution in [0, 0.1) is 3.57 Å². The minimum Gasteiger partial charge on any atom is -0.481 e. The van der Waals surface area contributed by atoms with Crippen LogP contribution in [0.2, 0.25) is 0 Å². The Hall–Kier alpha value is -2.55. The van der Waals surface area contributed by atoms with Gasteiger partial charge in [-0.25, -0.2) is 0 Å². The highest BCUT2D eigenvalue weighted by molar-refractivity contribution is 14.1. The molecule has 0 saturated heterocycles. The van der Waals surface area contributed by atoms with Gasteiger partial charge in [0.05, 0.1) is 32.5 Å². The number of benzene rings is 2. The lowest BCUT2D eigenvalue weighted by Crippen LogP contribution is -2.19. The van der Waals surface area contributed by atoms with Gasteiger partial charge in [-0.05, 0) is 46.9 Å². The summed E-state index contributed by atoms with van der Waals surface area (Å²) in [6.07, 6.45) is 0. The molecule has 0 aliphatic carbocycles. The van der Waals surface area contributed by atoms with E-state index < -0.39 is 0 Å². The zero-order valence-electron chi connectivity index (χ0n) is 14.3. The summed E-state index contributed by atoms with van der Waals surface area (Å²) in [5.41, 5.74) is 1.93. The van der Waals surface area contributed by atoms with E-state index in [1.807, 2.05) is 47.4 Å². The Bertz CT molecular complexity index is 942. The van der Waals surface area contributed by atoms with Crippen LogP contribution in [0.4, 0.5) is 11.6 Å². The molecule has 1 aliphatic heterocycles. The van der Waals surface area contributed by atoms with Crippen LogP contribution in [0.3, 0.4) is 0 Å². The molecule has 0 atom stereocenters. The fraction of sp³-hybridized carbons (Fsp3) is 0.158. The number of anilines is 2. The van der Waals surface area contributed by atoms with E-state index in [1.54, 1.807) is 20.3 Å². The van der Waals surface area contributed by atoms with Crippen LogP contribution in [0.5, 0.6) is 23.3 Å². The van der Waals surface area contributed by atoms with Crippen LogP contribution < -0.4 is 19.1 Å². The second kappa shape index (κ2) is 6.99. The van der Waals surface area contributed by atoms with Gasteiger partial charge in [-0.1, -0.05) is 18.2 Å². The molecule has 2 aromatic carbocycles. The number of aromatic nitrogens is 2. The number of fused-ring (bicyclic) bond motifs is 2. The van der Waals surface area contributed by atoms with Crippen molar-refractivity contribution in [3.63, 3.8) is 0 Å². The Kier molecular flexibility index (Phi) is 4.54.